The lowest BCUT2D eigenvalue weighted by Crippen LogP contribution is -2.19. The first-order valence-corrected chi connectivity index (χ1v) is 8.21. The number of para-hydroxylation sites is 1. The number of rotatable bonds is 4. The molecule has 0 spiro atoms. The number of nitrogens with zero attached hydrogens (tertiary/aromatic N) is 2. The third-order valence-corrected chi connectivity index (χ3v) is 3.81. The first kappa shape index (κ1) is 16.8. The fraction of sp³-hybridized carbons (Fsp3) is 0.263. The molecule has 6 heteroatoms. The molecule has 6 nitrogen and oxygen atoms in total. The van der Waals surface area contributed by atoms with Crippen LogP contribution in [-0.4, -0.2) is 21.9 Å². The largest absolute Gasteiger partial charge is 0.473 e. The van der Waals surface area contributed by atoms with Crippen molar-refractivity contribution >= 4 is 28.3 Å². The highest BCUT2D eigenvalue weighted by atomic mass is 16.5. The van der Waals surface area contributed by atoms with Gasteiger partial charge in [-0.1, -0.05) is 18.2 Å². The molecule has 1 aromatic heterocycles. The number of nitrogens with one attached hydrogen (secondary N) is 2. The van der Waals surface area contributed by atoms with E-state index in [4.69, 9.17) is 4.74 Å². The van der Waals surface area contributed by atoms with Crippen molar-refractivity contribution in [2.75, 3.05) is 10.6 Å². The molecule has 0 atom stereocenters. The normalized spacial score (nSPS) is 10.9. The molecule has 0 aliphatic carbocycles. The molecular weight excluding hydrogens is 316 g/mol. The van der Waals surface area contributed by atoms with Crippen LogP contribution in [0.25, 0.3) is 10.9 Å². The lowest BCUT2D eigenvalue weighted by atomic mass is 10.2. The molecule has 130 valence electrons. The molecule has 0 saturated carbocycles. The number of carbonyl (C=O) groups is 1. The lowest BCUT2D eigenvalue weighted by molar-refractivity contribution is 0.233. The molecular formula is C19H22N4O2. The number of ether oxygens (including phenoxy) is 1. The number of aromatic nitrogens is 2. The summed E-state index contributed by atoms with van der Waals surface area (Å²) < 4.78 is 7.53. The van der Waals surface area contributed by atoms with Gasteiger partial charge in [-0.05, 0) is 50.6 Å². The summed E-state index contributed by atoms with van der Waals surface area (Å²) in [6.07, 6.45) is 0.0269. The van der Waals surface area contributed by atoms with Gasteiger partial charge >= 0.3 is 6.03 Å². The minimum atomic E-state index is -0.288. The standard InChI is InChI=1S/C19H22N4O2/c1-12(2)25-18-15-11-14(9-10-17(15)23(4)22-18)20-19(24)21-16-8-6-5-7-13(16)3/h5-12H,1-4H3,(H2,20,21,24). The molecule has 0 aliphatic heterocycles. The van der Waals surface area contributed by atoms with E-state index in [0.717, 1.165) is 22.2 Å². The third kappa shape index (κ3) is 3.74. The molecule has 2 aromatic carbocycles. The summed E-state index contributed by atoms with van der Waals surface area (Å²) in [6.45, 7) is 5.86. The Morgan fingerprint density at radius 3 is 2.64 bits per heavy atom. The number of carbonyl (C=O) groups excluding carboxylic acids is 1. The number of benzene rings is 2. The highest BCUT2D eigenvalue weighted by Crippen LogP contribution is 2.28. The van der Waals surface area contributed by atoms with E-state index in [1.165, 1.54) is 0 Å². The summed E-state index contributed by atoms with van der Waals surface area (Å²) in [4.78, 5) is 12.3. The zero-order valence-corrected chi connectivity index (χ0v) is 14.8. The predicted molar refractivity (Wildman–Crippen MR) is 100 cm³/mol. The Morgan fingerprint density at radius 1 is 1.16 bits per heavy atom. The van der Waals surface area contributed by atoms with E-state index in [-0.39, 0.29) is 12.1 Å². The number of fused-ring (bicyclic) bond motifs is 1. The minimum Gasteiger partial charge on any atom is -0.473 e. The second kappa shape index (κ2) is 6.84. The van der Waals surface area contributed by atoms with Gasteiger partial charge in [-0.15, -0.1) is 5.10 Å². The van der Waals surface area contributed by atoms with E-state index < -0.39 is 0 Å². The molecule has 3 aromatic rings. The van der Waals surface area contributed by atoms with Crippen molar-refractivity contribution in [2.24, 2.45) is 7.05 Å². The molecule has 0 saturated heterocycles. The maximum atomic E-state index is 12.3. The van der Waals surface area contributed by atoms with Gasteiger partial charge in [-0.25, -0.2) is 4.79 Å². The summed E-state index contributed by atoms with van der Waals surface area (Å²) in [5, 5.41) is 11.0. The summed E-state index contributed by atoms with van der Waals surface area (Å²) in [6, 6.07) is 13.0. The quantitative estimate of drug-likeness (QED) is 0.745. The van der Waals surface area contributed by atoms with Crippen LogP contribution in [0.15, 0.2) is 42.5 Å². The number of amides is 2. The fourth-order valence-electron chi connectivity index (χ4n) is 2.62. The van der Waals surface area contributed by atoms with Crippen LogP contribution in [-0.2, 0) is 7.05 Å². The van der Waals surface area contributed by atoms with E-state index in [2.05, 4.69) is 15.7 Å². The fourth-order valence-corrected chi connectivity index (χ4v) is 2.62. The predicted octanol–water partition coefficient (Wildman–Crippen LogP) is 4.31. The SMILES string of the molecule is Cc1ccccc1NC(=O)Nc1ccc2c(c1)c(OC(C)C)nn2C. The van der Waals surface area contributed by atoms with Gasteiger partial charge in [0.25, 0.3) is 0 Å². The summed E-state index contributed by atoms with van der Waals surface area (Å²) in [7, 11) is 1.87. The Morgan fingerprint density at radius 2 is 1.92 bits per heavy atom. The maximum absolute atomic E-state index is 12.3. The van der Waals surface area contributed by atoms with Crippen LogP contribution in [0.3, 0.4) is 0 Å². The Kier molecular flexibility index (Phi) is 4.61. The van der Waals surface area contributed by atoms with Crippen LogP contribution in [0.1, 0.15) is 19.4 Å². The van der Waals surface area contributed by atoms with Gasteiger partial charge in [0.15, 0.2) is 0 Å². The molecule has 0 aliphatic rings. The smallest absolute Gasteiger partial charge is 0.323 e. The number of urea groups is 1. The molecule has 25 heavy (non-hydrogen) atoms. The Hall–Kier alpha value is -3.02. The molecule has 0 unspecified atom stereocenters. The third-order valence-electron chi connectivity index (χ3n) is 3.81. The molecule has 0 fully saturated rings. The van der Waals surface area contributed by atoms with E-state index in [9.17, 15) is 4.79 Å². The van der Waals surface area contributed by atoms with E-state index >= 15 is 0 Å². The van der Waals surface area contributed by atoms with Crippen molar-refractivity contribution < 1.29 is 9.53 Å². The van der Waals surface area contributed by atoms with Crippen LogP contribution in [0.2, 0.25) is 0 Å². The zero-order valence-electron chi connectivity index (χ0n) is 14.8. The first-order valence-electron chi connectivity index (χ1n) is 8.21. The maximum Gasteiger partial charge on any atom is 0.323 e. The van der Waals surface area contributed by atoms with Crippen LogP contribution < -0.4 is 15.4 Å². The summed E-state index contributed by atoms with van der Waals surface area (Å²) >= 11 is 0. The second-order valence-corrected chi connectivity index (χ2v) is 6.22. The average Bonchev–Trinajstić information content (AvgIpc) is 2.84. The first-order chi connectivity index (χ1) is 11.9. The van der Waals surface area contributed by atoms with Crippen molar-refractivity contribution in [3.63, 3.8) is 0 Å². The van der Waals surface area contributed by atoms with Crippen molar-refractivity contribution in [1.82, 2.24) is 9.78 Å². The molecule has 2 N–H and O–H groups in total. The zero-order chi connectivity index (χ0) is 18.0. The van der Waals surface area contributed by atoms with Gasteiger partial charge in [-0.2, -0.15) is 0 Å². The highest BCUT2D eigenvalue weighted by Gasteiger charge is 2.13. The van der Waals surface area contributed by atoms with Crippen molar-refractivity contribution in [2.45, 2.75) is 26.9 Å². The molecule has 0 bridgehead atoms. The Bertz CT molecular complexity index is 915. The van der Waals surface area contributed by atoms with Gasteiger partial charge in [0.2, 0.25) is 5.88 Å². The molecule has 2 amide bonds. The van der Waals surface area contributed by atoms with Crippen LogP contribution in [0.4, 0.5) is 16.2 Å². The van der Waals surface area contributed by atoms with Gasteiger partial charge in [0.05, 0.1) is 17.0 Å². The Balaban J connectivity index is 1.81. The van der Waals surface area contributed by atoms with Crippen molar-refractivity contribution in [1.29, 1.82) is 0 Å². The van der Waals surface area contributed by atoms with Gasteiger partial charge < -0.3 is 15.4 Å². The molecule has 0 radical (unpaired) electrons. The van der Waals surface area contributed by atoms with Crippen molar-refractivity contribution in [3.8, 4) is 5.88 Å². The second-order valence-electron chi connectivity index (χ2n) is 6.22. The van der Waals surface area contributed by atoms with E-state index in [1.807, 2.05) is 70.3 Å². The average molecular weight is 338 g/mol. The van der Waals surface area contributed by atoms with Crippen molar-refractivity contribution in [3.05, 3.63) is 48.0 Å². The molecule has 3 rings (SSSR count). The van der Waals surface area contributed by atoms with Gasteiger partial charge in [-0.3, -0.25) is 4.68 Å². The lowest BCUT2D eigenvalue weighted by Gasteiger charge is -2.10. The van der Waals surface area contributed by atoms with Gasteiger partial charge in [0.1, 0.15) is 0 Å². The minimum absolute atomic E-state index is 0.0269. The van der Waals surface area contributed by atoms with Crippen LogP contribution in [0.5, 0.6) is 5.88 Å². The van der Waals surface area contributed by atoms with Gasteiger partial charge in [0, 0.05) is 18.4 Å². The van der Waals surface area contributed by atoms with E-state index in [1.54, 1.807) is 4.68 Å². The highest BCUT2D eigenvalue weighted by molar-refractivity contribution is 6.01. The monoisotopic (exact) mass is 338 g/mol. The summed E-state index contributed by atoms with van der Waals surface area (Å²) in [5.74, 6) is 0.565. The Labute approximate surface area is 146 Å². The number of hydrogen-bond acceptors (Lipinski definition) is 3. The molecule has 1 heterocycles. The summed E-state index contributed by atoms with van der Waals surface area (Å²) in [5.41, 5.74) is 3.42. The topological polar surface area (TPSA) is 68.2 Å². The number of aryl methyl sites for hydroxylation is 2. The number of anilines is 2. The van der Waals surface area contributed by atoms with Crippen LogP contribution >= 0.6 is 0 Å². The van der Waals surface area contributed by atoms with Crippen LogP contribution in [0, 0.1) is 6.92 Å². The van der Waals surface area contributed by atoms with E-state index in [0.29, 0.717) is 11.6 Å². The number of hydrogen-bond donors (Lipinski definition) is 2.